The molecular formula is C45H48FN5O5. The molecule has 0 saturated carbocycles. The Morgan fingerprint density at radius 3 is 2.29 bits per heavy atom. The van der Waals surface area contributed by atoms with E-state index in [1.807, 2.05) is 31.2 Å². The van der Waals surface area contributed by atoms with Gasteiger partial charge < -0.3 is 24.5 Å². The Kier molecular flexibility index (Phi) is 9.75. The molecular weight excluding hydrogens is 710 g/mol. The number of aryl methyl sites for hydroxylation is 1. The van der Waals surface area contributed by atoms with E-state index in [4.69, 9.17) is 4.74 Å². The maximum atomic E-state index is 14.6. The second kappa shape index (κ2) is 15.0. The van der Waals surface area contributed by atoms with Crippen molar-refractivity contribution in [3.05, 3.63) is 124 Å². The number of halogens is 1. The number of rotatable bonds is 7. The number of aromatic hydroxyl groups is 1. The lowest BCUT2D eigenvalue weighted by Crippen LogP contribution is -2.52. The fourth-order valence-corrected chi connectivity index (χ4v) is 9.61. The molecule has 4 aromatic rings. The molecule has 2 N–H and O–H groups in total. The molecule has 0 radical (unpaired) electrons. The van der Waals surface area contributed by atoms with Crippen LogP contribution < -0.4 is 15.1 Å². The Morgan fingerprint density at radius 1 is 0.786 bits per heavy atom. The lowest BCUT2D eigenvalue weighted by molar-refractivity contribution is -0.136. The van der Waals surface area contributed by atoms with Gasteiger partial charge in [-0.15, -0.1) is 0 Å². The molecule has 9 rings (SSSR count). The molecule has 5 aliphatic rings. The van der Waals surface area contributed by atoms with Crippen LogP contribution in [0.4, 0.5) is 15.8 Å². The number of piperazine rings is 1. The van der Waals surface area contributed by atoms with Gasteiger partial charge in [0.15, 0.2) is 0 Å². The van der Waals surface area contributed by atoms with Gasteiger partial charge in [0.05, 0.1) is 12.7 Å². The van der Waals surface area contributed by atoms with Crippen molar-refractivity contribution >= 4 is 29.1 Å². The Hall–Kier alpha value is -5.26. The molecule has 56 heavy (non-hydrogen) atoms. The van der Waals surface area contributed by atoms with Gasteiger partial charge >= 0.3 is 0 Å². The zero-order valence-electron chi connectivity index (χ0n) is 31.8. The van der Waals surface area contributed by atoms with Gasteiger partial charge in [0, 0.05) is 81.6 Å². The summed E-state index contributed by atoms with van der Waals surface area (Å²) in [5.41, 5.74) is 8.73. The van der Waals surface area contributed by atoms with E-state index in [1.54, 1.807) is 23.1 Å². The van der Waals surface area contributed by atoms with Crippen LogP contribution in [0.15, 0.2) is 78.9 Å². The maximum Gasteiger partial charge on any atom is 0.255 e. The van der Waals surface area contributed by atoms with Gasteiger partial charge in [-0.05, 0) is 120 Å². The predicted molar refractivity (Wildman–Crippen MR) is 211 cm³/mol. The van der Waals surface area contributed by atoms with Crippen LogP contribution in [0.1, 0.15) is 81.4 Å². The van der Waals surface area contributed by atoms with Crippen LogP contribution >= 0.6 is 0 Å². The lowest BCUT2D eigenvalue weighted by atomic mass is 9.79. The number of imide groups is 1. The fourth-order valence-electron chi connectivity index (χ4n) is 9.61. The van der Waals surface area contributed by atoms with Gasteiger partial charge in [-0.1, -0.05) is 24.3 Å². The summed E-state index contributed by atoms with van der Waals surface area (Å²) < 4.78 is 20.9. The molecule has 0 bridgehead atoms. The van der Waals surface area contributed by atoms with Crippen molar-refractivity contribution in [2.75, 3.05) is 55.6 Å². The molecule has 4 aromatic carbocycles. The summed E-state index contributed by atoms with van der Waals surface area (Å²) >= 11 is 0. The molecule has 0 aliphatic carbocycles. The number of phenols is 1. The average molecular weight is 758 g/mol. The van der Waals surface area contributed by atoms with Crippen molar-refractivity contribution < 1.29 is 28.6 Å². The largest absolute Gasteiger partial charge is 0.508 e. The summed E-state index contributed by atoms with van der Waals surface area (Å²) in [6.45, 7) is 9.59. The standard InChI is InChI=1S/C45H48FN5O5/c1-28-20-31(22-34(46)21-28)43-42(38-9-7-37(52)24-33(38)27-56-43)30-2-4-35(5-3-30)49-14-12-29(13-15-49)25-48-16-18-50(19-17-48)36-6-8-39-32(23-36)26-51(45(39)55)40-10-11-41(53)47-44(40)54/h2-9,20-24,29,40,42-43,52H,10-19,25-27H2,1H3,(H,47,53,54)/t40-,42+,43+/m0/s1. The smallest absolute Gasteiger partial charge is 0.255 e. The first-order chi connectivity index (χ1) is 27.2. The third-order valence-electron chi connectivity index (χ3n) is 12.6. The fraction of sp³-hybridized carbons (Fsp3) is 0.400. The highest BCUT2D eigenvalue weighted by molar-refractivity contribution is 6.05. The Morgan fingerprint density at radius 2 is 1.54 bits per heavy atom. The van der Waals surface area contributed by atoms with Crippen LogP contribution in [0.2, 0.25) is 0 Å². The molecule has 5 heterocycles. The first kappa shape index (κ1) is 36.4. The molecule has 3 fully saturated rings. The van der Waals surface area contributed by atoms with E-state index >= 15 is 0 Å². The molecule has 0 spiro atoms. The molecule has 5 aliphatic heterocycles. The highest BCUT2D eigenvalue weighted by Crippen LogP contribution is 2.46. The first-order valence-corrected chi connectivity index (χ1v) is 20.0. The third-order valence-corrected chi connectivity index (χ3v) is 12.6. The van der Waals surface area contributed by atoms with Gasteiger partial charge in [-0.25, -0.2) is 4.39 Å². The van der Waals surface area contributed by atoms with E-state index in [0.29, 0.717) is 31.1 Å². The number of carbonyl (C=O) groups excluding carboxylic acids is 3. The number of benzene rings is 4. The number of piperidine rings is 2. The summed E-state index contributed by atoms with van der Waals surface area (Å²) in [6, 6.07) is 24.8. The maximum absolute atomic E-state index is 14.6. The van der Waals surface area contributed by atoms with Gasteiger partial charge in [0.1, 0.15) is 17.6 Å². The molecule has 3 saturated heterocycles. The van der Waals surface area contributed by atoms with Crippen LogP contribution in [-0.4, -0.2) is 84.5 Å². The van der Waals surface area contributed by atoms with Crippen LogP contribution in [0.3, 0.4) is 0 Å². The molecule has 0 unspecified atom stereocenters. The number of fused-ring (bicyclic) bond motifs is 2. The summed E-state index contributed by atoms with van der Waals surface area (Å²) in [5, 5.41) is 12.6. The van der Waals surface area contributed by atoms with E-state index in [-0.39, 0.29) is 47.7 Å². The van der Waals surface area contributed by atoms with Crippen molar-refractivity contribution in [2.24, 2.45) is 5.92 Å². The normalized spacial score (nSPS) is 23.3. The summed E-state index contributed by atoms with van der Waals surface area (Å²) in [5.74, 6) is -0.343. The molecule has 3 amide bonds. The second-order valence-corrected chi connectivity index (χ2v) is 16.2. The zero-order chi connectivity index (χ0) is 38.5. The highest BCUT2D eigenvalue weighted by atomic mass is 19.1. The van der Waals surface area contributed by atoms with Crippen LogP contribution in [0.25, 0.3) is 0 Å². The van der Waals surface area contributed by atoms with Gasteiger partial charge in [-0.2, -0.15) is 0 Å². The van der Waals surface area contributed by atoms with Gasteiger partial charge in [0.2, 0.25) is 11.8 Å². The number of amides is 3. The van der Waals surface area contributed by atoms with Crippen LogP contribution in [0, 0.1) is 18.7 Å². The number of phenolic OH excluding ortho intramolecular Hbond substituents is 1. The van der Waals surface area contributed by atoms with Crippen LogP contribution in [0.5, 0.6) is 5.75 Å². The van der Waals surface area contributed by atoms with Crippen molar-refractivity contribution in [3.8, 4) is 5.75 Å². The van der Waals surface area contributed by atoms with Gasteiger partial charge in [0.25, 0.3) is 5.91 Å². The molecule has 0 aromatic heterocycles. The highest BCUT2D eigenvalue weighted by Gasteiger charge is 2.39. The Labute approximate surface area is 326 Å². The number of ether oxygens (including phenoxy) is 1. The van der Waals surface area contributed by atoms with E-state index in [0.717, 1.165) is 97.7 Å². The lowest BCUT2D eigenvalue weighted by Gasteiger charge is -2.40. The summed E-state index contributed by atoms with van der Waals surface area (Å²) in [4.78, 5) is 46.3. The predicted octanol–water partition coefficient (Wildman–Crippen LogP) is 6.04. The van der Waals surface area contributed by atoms with Crippen molar-refractivity contribution in [1.82, 2.24) is 15.1 Å². The molecule has 290 valence electrons. The number of nitrogens with zero attached hydrogens (tertiary/aromatic N) is 4. The van der Waals surface area contributed by atoms with Crippen molar-refractivity contribution in [3.63, 3.8) is 0 Å². The van der Waals surface area contributed by atoms with Crippen LogP contribution in [-0.2, 0) is 27.5 Å². The first-order valence-electron chi connectivity index (χ1n) is 20.0. The molecule has 3 atom stereocenters. The van der Waals surface area contributed by atoms with E-state index in [9.17, 15) is 23.9 Å². The molecule has 11 heteroatoms. The van der Waals surface area contributed by atoms with Crippen molar-refractivity contribution in [1.29, 1.82) is 0 Å². The van der Waals surface area contributed by atoms with E-state index in [1.165, 1.54) is 11.8 Å². The van der Waals surface area contributed by atoms with Gasteiger partial charge in [-0.3, -0.25) is 24.6 Å². The third kappa shape index (κ3) is 7.14. The minimum Gasteiger partial charge on any atom is -0.508 e. The van der Waals surface area contributed by atoms with E-state index < -0.39 is 6.04 Å². The minimum absolute atomic E-state index is 0.136. The minimum atomic E-state index is -0.600. The van der Waals surface area contributed by atoms with E-state index in [2.05, 4.69) is 50.3 Å². The quantitative estimate of drug-likeness (QED) is 0.220. The average Bonchev–Trinajstić information content (AvgIpc) is 3.52. The second-order valence-electron chi connectivity index (χ2n) is 16.2. The Bertz CT molecular complexity index is 2140. The number of hydrogen-bond donors (Lipinski definition) is 2. The monoisotopic (exact) mass is 757 g/mol. The Balaban J connectivity index is 0.790. The number of anilines is 2. The SMILES string of the molecule is Cc1cc(F)cc([C@H]2OCc3cc(O)ccc3[C@H]2c2ccc(N3CCC(CN4CCN(c5ccc6c(c5)CN([C@H]5CCC(=O)NC5=O)C6=O)CC4)CC3)cc2)c1. The summed E-state index contributed by atoms with van der Waals surface area (Å²) in [7, 11) is 0. The summed E-state index contributed by atoms with van der Waals surface area (Å²) in [6.07, 6.45) is 2.55. The molecule has 10 nitrogen and oxygen atoms in total. The number of nitrogens with one attached hydrogen (secondary N) is 1. The topological polar surface area (TPSA) is 106 Å². The number of carbonyl (C=O) groups is 3. The number of hydrogen-bond acceptors (Lipinski definition) is 8. The zero-order valence-corrected chi connectivity index (χ0v) is 31.8. The van der Waals surface area contributed by atoms with Crippen molar-refractivity contribution in [2.45, 2.75) is 63.8 Å².